The summed E-state index contributed by atoms with van der Waals surface area (Å²) in [6.07, 6.45) is 7.60. The number of carbonyl (C=O) groups excluding carboxylic acids is 1. The van der Waals surface area contributed by atoms with E-state index in [0.29, 0.717) is 6.61 Å². The van der Waals surface area contributed by atoms with Crippen LogP contribution in [-0.4, -0.2) is 61.1 Å². The molecule has 5 atom stereocenters. The van der Waals surface area contributed by atoms with Crippen molar-refractivity contribution in [2.45, 2.75) is 106 Å². The second-order valence-corrected chi connectivity index (χ2v) is 9.09. The molecule has 8 heteroatoms. The van der Waals surface area contributed by atoms with Crippen LogP contribution in [0.5, 0.6) is 0 Å². The summed E-state index contributed by atoms with van der Waals surface area (Å²) in [4.78, 5) is 11.8. The molecule has 0 radical (unpaired) electrons. The molecule has 4 saturated heterocycles. The van der Waals surface area contributed by atoms with Gasteiger partial charge in [0.15, 0.2) is 17.2 Å². The Morgan fingerprint density at radius 1 is 0.857 bits per heavy atom. The topological polar surface area (TPSA) is 81.7 Å². The van der Waals surface area contributed by atoms with Crippen LogP contribution < -0.4 is 0 Å². The molecule has 4 heterocycles. The Labute approximate surface area is 164 Å². The lowest BCUT2D eigenvalue weighted by molar-refractivity contribution is -0.295. The second kappa shape index (κ2) is 6.28. The van der Waals surface area contributed by atoms with E-state index in [1.165, 1.54) is 12.8 Å². The first-order valence-electron chi connectivity index (χ1n) is 10.8. The summed E-state index contributed by atoms with van der Waals surface area (Å²) in [6.45, 7) is 0.535. The minimum Gasteiger partial charge on any atom is -0.431 e. The van der Waals surface area contributed by atoms with Crippen molar-refractivity contribution in [2.24, 2.45) is 0 Å². The summed E-state index contributed by atoms with van der Waals surface area (Å²) in [5.41, 5.74) is -0.929. The molecule has 4 aliphatic heterocycles. The lowest BCUT2D eigenvalue weighted by Gasteiger charge is -2.38. The zero-order valence-corrected chi connectivity index (χ0v) is 16.1. The van der Waals surface area contributed by atoms with Gasteiger partial charge in [0.25, 0.3) is 0 Å². The van der Waals surface area contributed by atoms with Gasteiger partial charge in [-0.1, -0.05) is 12.8 Å². The summed E-state index contributed by atoms with van der Waals surface area (Å²) in [6, 6.07) is 0. The fourth-order valence-electron chi connectivity index (χ4n) is 5.90. The predicted molar refractivity (Wildman–Crippen MR) is 92.2 cm³/mol. The highest BCUT2D eigenvalue weighted by molar-refractivity contribution is 5.61. The van der Waals surface area contributed by atoms with E-state index in [-0.39, 0.29) is 12.7 Å². The average Bonchev–Trinajstić information content (AvgIpc) is 3.32. The van der Waals surface area contributed by atoms with Gasteiger partial charge < -0.3 is 33.2 Å². The van der Waals surface area contributed by atoms with Gasteiger partial charge in [0.2, 0.25) is 6.29 Å². The van der Waals surface area contributed by atoms with Crippen molar-refractivity contribution in [2.75, 3.05) is 13.2 Å². The standard InChI is InChI=1S/C20H28O8/c21-17-22-12-20-15(27-19(28-20)9-5-2-6-10-19)14(24-16(20)25-17)13-11-23-18(26-13)7-3-1-4-8-18/h13-16H,1-12H2/t13-,14+,15-,16?,20-/m1/s1. The molecule has 2 aliphatic carbocycles. The highest BCUT2D eigenvalue weighted by atomic mass is 16.9. The van der Waals surface area contributed by atoms with E-state index in [1.54, 1.807) is 0 Å². The maximum absolute atomic E-state index is 11.8. The summed E-state index contributed by atoms with van der Waals surface area (Å²) in [5, 5.41) is 0. The van der Waals surface area contributed by atoms with Gasteiger partial charge in [-0.25, -0.2) is 4.79 Å². The molecule has 3 spiro atoms. The molecule has 8 nitrogen and oxygen atoms in total. The largest absolute Gasteiger partial charge is 0.510 e. The number of carbonyl (C=O) groups is 1. The fraction of sp³-hybridized carbons (Fsp3) is 0.950. The molecule has 156 valence electrons. The molecule has 6 rings (SSSR count). The Morgan fingerprint density at radius 3 is 2.32 bits per heavy atom. The third-order valence-corrected chi connectivity index (χ3v) is 7.27. The first kappa shape index (κ1) is 17.9. The number of hydrogen-bond acceptors (Lipinski definition) is 8. The minimum atomic E-state index is -0.929. The molecule has 0 aromatic heterocycles. The van der Waals surface area contributed by atoms with Crippen molar-refractivity contribution in [3.05, 3.63) is 0 Å². The maximum Gasteiger partial charge on any atom is 0.510 e. The van der Waals surface area contributed by atoms with Gasteiger partial charge in [-0.05, 0) is 25.7 Å². The summed E-state index contributed by atoms with van der Waals surface area (Å²) in [7, 11) is 0. The van der Waals surface area contributed by atoms with Crippen molar-refractivity contribution < 1.29 is 38.0 Å². The third-order valence-electron chi connectivity index (χ3n) is 7.27. The van der Waals surface area contributed by atoms with Crippen LogP contribution in [0.1, 0.15) is 64.2 Å². The lowest BCUT2D eigenvalue weighted by Crippen LogP contribution is -2.56. The molecule has 0 aromatic rings. The summed E-state index contributed by atoms with van der Waals surface area (Å²) >= 11 is 0. The van der Waals surface area contributed by atoms with Crippen LogP contribution in [0.3, 0.4) is 0 Å². The van der Waals surface area contributed by atoms with Gasteiger partial charge in [-0.3, -0.25) is 0 Å². The lowest BCUT2D eigenvalue weighted by atomic mass is 9.93. The molecule has 0 amide bonds. The quantitative estimate of drug-likeness (QED) is 0.626. The van der Waals surface area contributed by atoms with Crippen LogP contribution in [0.15, 0.2) is 0 Å². The van der Waals surface area contributed by atoms with E-state index in [4.69, 9.17) is 33.2 Å². The first-order valence-corrected chi connectivity index (χ1v) is 10.8. The Morgan fingerprint density at radius 2 is 1.57 bits per heavy atom. The highest BCUT2D eigenvalue weighted by Crippen LogP contribution is 2.54. The summed E-state index contributed by atoms with van der Waals surface area (Å²) < 4.78 is 42.4. The smallest absolute Gasteiger partial charge is 0.431 e. The molecular formula is C20H28O8. The number of rotatable bonds is 1. The Balaban J connectivity index is 1.28. The van der Waals surface area contributed by atoms with Crippen molar-refractivity contribution in [3.8, 4) is 0 Å². The molecule has 1 unspecified atom stereocenters. The van der Waals surface area contributed by atoms with Crippen LogP contribution in [0.25, 0.3) is 0 Å². The number of hydrogen-bond donors (Lipinski definition) is 0. The molecule has 0 bridgehead atoms. The van der Waals surface area contributed by atoms with E-state index in [1.807, 2.05) is 0 Å². The molecule has 2 saturated carbocycles. The van der Waals surface area contributed by atoms with Crippen molar-refractivity contribution >= 4 is 6.16 Å². The van der Waals surface area contributed by atoms with Crippen LogP contribution >= 0.6 is 0 Å². The van der Waals surface area contributed by atoms with Crippen molar-refractivity contribution in [3.63, 3.8) is 0 Å². The van der Waals surface area contributed by atoms with Crippen molar-refractivity contribution in [1.82, 2.24) is 0 Å². The zero-order valence-electron chi connectivity index (χ0n) is 16.1. The predicted octanol–water partition coefficient (Wildman–Crippen LogP) is 2.77. The van der Waals surface area contributed by atoms with Gasteiger partial charge in [0, 0.05) is 25.7 Å². The minimum absolute atomic E-state index is 0.0815. The molecule has 6 aliphatic rings. The molecule has 28 heavy (non-hydrogen) atoms. The van der Waals surface area contributed by atoms with Gasteiger partial charge in [0.1, 0.15) is 24.9 Å². The van der Waals surface area contributed by atoms with E-state index in [9.17, 15) is 4.79 Å². The van der Waals surface area contributed by atoms with Gasteiger partial charge >= 0.3 is 6.16 Å². The van der Waals surface area contributed by atoms with Crippen LogP contribution in [0.2, 0.25) is 0 Å². The van der Waals surface area contributed by atoms with E-state index in [2.05, 4.69) is 0 Å². The normalized spacial score (nSPS) is 46.2. The van der Waals surface area contributed by atoms with E-state index in [0.717, 1.165) is 51.4 Å². The third kappa shape index (κ3) is 2.58. The molecule has 6 fully saturated rings. The van der Waals surface area contributed by atoms with E-state index < -0.39 is 41.8 Å². The van der Waals surface area contributed by atoms with Crippen LogP contribution in [0, 0.1) is 0 Å². The van der Waals surface area contributed by atoms with E-state index >= 15 is 0 Å². The average molecular weight is 396 g/mol. The van der Waals surface area contributed by atoms with Gasteiger partial charge in [-0.15, -0.1) is 0 Å². The highest BCUT2D eigenvalue weighted by Gasteiger charge is 2.73. The maximum atomic E-state index is 11.8. The molecule has 0 aromatic carbocycles. The van der Waals surface area contributed by atoms with Crippen LogP contribution in [-0.2, 0) is 33.2 Å². The monoisotopic (exact) mass is 396 g/mol. The first-order chi connectivity index (χ1) is 13.6. The van der Waals surface area contributed by atoms with Gasteiger partial charge in [-0.2, -0.15) is 0 Å². The van der Waals surface area contributed by atoms with Gasteiger partial charge in [0.05, 0.1) is 6.61 Å². The fourth-order valence-corrected chi connectivity index (χ4v) is 5.90. The van der Waals surface area contributed by atoms with Crippen LogP contribution in [0.4, 0.5) is 4.79 Å². The van der Waals surface area contributed by atoms with Crippen molar-refractivity contribution in [1.29, 1.82) is 0 Å². The summed E-state index contributed by atoms with van der Waals surface area (Å²) in [5.74, 6) is -1.14. The number of cyclic esters (lactones) is 1. The SMILES string of the molecule is O=C1OC[C@@]23OC4(CCCCC4)O[C@@H]2[C@H]([C@H]2COC4(CCCCC4)O2)OC3O1. The second-order valence-electron chi connectivity index (χ2n) is 9.09. The Hall–Kier alpha value is -0.930. The Kier molecular flexibility index (Phi) is 4.01. The molecule has 0 N–H and O–H groups in total. The zero-order chi connectivity index (χ0) is 18.8. The number of ether oxygens (including phenoxy) is 7. The Bertz CT molecular complexity index is 640. The molecular weight excluding hydrogens is 368 g/mol.